The average molecular weight is 586 g/mol. The molecule has 1 N–H and O–H groups in total. The van der Waals surface area contributed by atoms with Gasteiger partial charge in [-0.3, -0.25) is 24.1 Å². The second kappa shape index (κ2) is 13.8. The zero-order valence-corrected chi connectivity index (χ0v) is 24.4. The molecule has 7 nitrogen and oxygen atoms in total. The van der Waals surface area contributed by atoms with E-state index >= 15 is 0 Å². The summed E-state index contributed by atoms with van der Waals surface area (Å²) in [5, 5.41) is 3.75. The number of carbonyl (C=O) groups is 4. The van der Waals surface area contributed by atoms with Gasteiger partial charge in [-0.05, 0) is 48.6 Å². The van der Waals surface area contributed by atoms with Crippen molar-refractivity contribution in [2.75, 3.05) is 6.54 Å². The van der Waals surface area contributed by atoms with Gasteiger partial charge in [-0.1, -0.05) is 91.5 Å². The Balaban J connectivity index is 1.36. The fourth-order valence-corrected chi connectivity index (χ4v) is 6.08. The quantitative estimate of drug-likeness (QED) is 0.288. The lowest BCUT2D eigenvalue weighted by Crippen LogP contribution is -2.53. The van der Waals surface area contributed by atoms with Crippen LogP contribution in [0, 0.1) is 0 Å². The van der Waals surface area contributed by atoms with Crippen LogP contribution in [0.3, 0.4) is 0 Å². The number of halogens is 1. The van der Waals surface area contributed by atoms with Crippen molar-refractivity contribution in [1.82, 2.24) is 15.1 Å². The minimum Gasteiger partial charge on any atom is -0.352 e. The fourth-order valence-electron chi connectivity index (χ4n) is 5.88. The van der Waals surface area contributed by atoms with Gasteiger partial charge < -0.3 is 10.2 Å². The molecule has 1 heterocycles. The predicted molar refractivity (Wildman–Crippen MR) is 162 cm³/mol. The highest BCUT2D eigenvalue weighted by atomic mass is 35.5. The Hall–Kier alpha value is -3.97. The van der Waals surface area contributed by atoms with Gasteiger partial charge in [0.05, 0.1) is 11.1 Å². The highest BCUT2D eigenvalue weighted by Gasteiger charge is 2.36. The van der Waals surface area contributed by atoms with E-state index in [-0.39, 0.29) is 55.6 Å². The molecule has 218 valence electrons. The maximum Gasteiger partial charge on any atom is 0.261 e. The molecule has 4 amide bonds. The Morgan fingerprint density at radius 2 is 1.48 bits per heavy atom. The molecule has 1 aliphatic heterocycles. The van der Waals surface area contributed by atoms with Crippen molar-refractivity contribution in [1.29, 1.82) is 0 Å². The second-order valence-corrected chi connectivity index (χ2v) is 11.5. The smallest absolute Gasteiger partial charge is 0.261 e. The van der Waals surface area contributed by atoms with Crippen LogP contribution >= 0.6 is 11.6 Å². The second-order valence-electron chi connectivity index (χ2n) is 11.1. The molecule has 1 fully saturated rings. The molecule has 8 heteroatoms. The Labute approximate surface area is 251 Å². The number of carbonyl (C=O) groups excluding carboxylic acids is 4. The summed E-state index contributed by atoms with van der Waals surface area (Å²) in [4.78, 5) is 56.3. The van der Waals surface area contributed by atoms with Crippen LogP contribution in [0.5, 0.6) is 0 Å². The van der Waals surface area contributed by atoms with E-state index in [1.165, 1.54) is 11.3 Å². The van der Waals surface area contributed by atoms with Crippen LogP contribution in [0.15, 0.2) is 78.9 Å². The number of hydrogen-bond acceptors (Lipinski definition) is 4. The van der Waals surface area contributed by atoms with Crippen LogP contribution in [-0.2, 0) is 22.6 Å². The maximum absolute atomic E-state index is 14.0. The number of hydrogen-bond donors (Lipinski definition) is 1. The van der Waals surface area contributed by atoms with E-state index in [0.29, 0.717) is 22.6 Å². The summed E-state index contributed by atoms with van der Waals surface area (Å²) in [6.45, 7) is 0.288. The molecular formula is C34H36ClN3O4. The summed E-state index contributed by atoms with van der Waals surface area (Å²) >= 11 is 6.52. The lowest BCUT2D eigenvalue weighted by Gasteiger charge is -2.34. The van der Waals surface area contributed by atoms with Gasteiger partial charge in [0, 0.05) is 37.0 Å². The molecule has 0 bridgehead atoms. The van der Waals surface area contributed by atoms with Gasteiger partial charge in [-0.25, -0.2) is 0 Å². The molecule has 3 aromatic carbocycles. The molecule has 1 aliphatic carbocycles. The standard InChI is InChI=1S/C34H36ClN3O4/c35-29-19-10-7-14-25(29)23-38(31(39)20-11-21-37-33(41)27-17-8-9-18-28(27)34(37)42)30(22-24-12-3-1-4-13-24)32(40)36-26-15-5-2-6-16-26/h1,3-4,7-10,12-14,17-19,26,30H,2,5-6,11,15-16,20-23H2,(H,36,40). The van der Waals surface area contributed by atoms with E-state index in [1.807, 2.05) is 48.5 Å². The first kappa shape index (κ1) is 29.5. The summed E-state index contributed by atoms with van der Waals surface area (Å²) < 4.78 is 0. The van der Waals surface area contributed by atoms with E-state index in [1.54, 1.807) is 35.2 Å². The van der Waals surface area contributed by atoms with Crippen molar-refractivity contribution in [3.8, 4) is 0 Å². The van der Waals surface area contributed by atoms with Crippen LogP contribution in [0.25, 0.3) is 0 Å². The van der Waals surface area contributed by atoms with E-state index in [4.69, 9.17) is 11.6 Å². The van der Waals surface area contributed by atoms with Gasteiger partial charge in [0.2, 0.25) is 11.8 Å². The molecule has 3 aromatic rings. The molecular weight excluding hydrogens is 550 g/mol. The molecule has 0 radical (unpaired) electrons. The number of nitrogens with one attached hydrogen (secondary N) is 1. The fraction of sp³-hybridized carbons (Fsp3) is 0.353. The molecule has 5 rings (SSSR count). The van der Waals surface area contributed by atoms with Gasteiger partial charge in [0.15, 0.2) is 0 Å². The highest BCUT2D eigenvalue weighted by Crippen LogP contribution is 2.25. The third-order valence-corrected chi connectivity index (χ3v) is 8.54. The van der Waals surface area contributed by atoms with Crippen molar-refractivity contribution in [2.24, 2.45) is 0 Å². The average Bonchev–Trinajstić information content (AvgIpc) is 3.25. The zero-order chi connectivity index (χ0) is 29.5. The van der Waals surface area contributed by atoms with Gasteiger partial charge in [0.25, 0.3) is 11.8 Å². The lowest BCUT2D eigenvalue weighted by molar-refractivity contribution is -0.141. The summed E-state index contributed by atoms with van der Waals surface area (Å²) in [6, 6.07) is 23.1. The molecule has 0 saturated heterocycles. The number of imide groups is 1. The summed E-state index contributed by atoms with van der Waals surface area (Å²) in [5.74, 6) is -1.09. The Bertz CT molecular complexity index is 1400. The lowest BCUT2D eigenvalue weighted by atomic mass is 9.94. The van der Waals surface area contributed by atoms with E-state index in [9.17, 15) is 19.2 Å². The molecule has 2 aliphatic rings. The van der Waals surface area contributed by atoms with Crippen molar-refractivity contribution in [3.05, 3.63) is 106 Å². The van der Waals surface area contributed by atoms with Crippen LogP contribution in [0.4, 0.5) is 0 Å². The summed E-state index contributed by atoms with van der Waals surface area (Å²) in [7, 11) is 0. The largest absolute Gasteiger partial charge is 0.352 e. The van der Waals surface area contributed by atoms with Crippen molar-refractivity contribution in [3.63, 3.8) is 0 Å². The number of amides is 4. The first-order chi connectivity index (χ1) is 20.4. The number of rotatable bonds is 11. The molecule has 42 heavy (non-hydrogen) atoms. The van der Waals surface area contributed by atoms with Gasteiger partial charge in [-0.15, -0.1) is 0 Å². The monoisotopic (exact) mass is 585 g/mol. The predicted octanol–water partition coefficient (Wildman–Crippen LogP) is 5.81. The van der Waals surface area contributed by atoms with Gasteiger partial charge in [0.1, 0.15) is 6.04 Å². The normalized spacial score (nSPS) is 15.8. The number of benzene rings is 3. The Morgan fingerprint density at radius 3 is 2.14 bits per heavy atom. The van der Waals surface area contributed by atoms with Crippen LogP contribution in [0.2, 0.25) is 5.02 Å². The third-order valence-electron chi connectivity index (χ3n) is 8.17. The number of nitrogens with zero attached hydrogens (tertiary/aromatic N) is 2. The molecule has 0 aromatic heterocycles. The minimum absolute atomic E-state index is 0.0693. The Morgan fingerprint density at radius 1 is 0.857 bits per heavy atom. The first-order valence-corrected chi connectivity index (χ1v) is 15.1. The molecule has 1 saturated carbocycles. The van der Waals surface area contributed by atoms with Crippen LogP contribution < -0.4 is 5.32 Å². The van der Waals surface area contributed by atoms with Crippen LogP contribution in [0.1, 0.15) is 76.8 Å². The Kier molecular flexibility index (Phi) is 9.70. The first-order valence-electron chi connectivity index (χ1n) is 14.7. The number of fused-ring (bicyclic) bond motifs is 1. The summed E-state index contributed by atoms with van der Waals surface area (Å²) in [5.41, 5.74) is 2.47. The minimum atomic E-state index is -0.752. The maximum atomic E-state index is 14.0. The van der Waals surface area contributed by atoms with E-state index in [0.717, 1.165) is 36.8 Å². The molecule has 1 atom stereocenters. The topological polar surface area (TPSA) is 86.8 Å². The molecule has 1 unspecified atom stereocenters. The van der Waals surface area contributed by atoms with Crippen molar-refractivity contribution in [2.45, 2.75) is 70.0 Å². The molecule has 0 spiro atoms. The van der Waals surface area contributed by atoms with Crippen molar-refractivity contribution < 1.29 is 19.2 Å². The van der Waals surface area contributed by atoms with Gasteiger partial charge in [-0.2, -0.15) is 0 Å². The van der Waals surface area contributed by atoms with Crippen LogP contribution in [-0.4, -0.2) is 52.1 Å². The summed E-state index contributed by atoms with van der Waals surface area (Å²) in [6.07, 6.45) is 5.90. The SMILES string of the molecule is O=C(NC1CCCCC1)C(Cc1ccccc1)N(Cc1ccccc1Cl)C(=O)CCCN1C(=O)c2ccccc2C1=O. The van der Waals surface area contributed by atoms with Crippen molar-refractivity contribution >= 4 is 35.2 Å². The van der Waals surface area contributed by atoms with E-state index in [2.05, 4.69) is 5.32 Å². The zero-order valence-electron chi connectivity index (χ0n) is 23.6. The third kappa shape index (κ3) is 6.90. The van der Waals surface area contributed by atoms with Gasteiger partial charge >= 0.3 is 0 Å². The highest BCUT2D eigenvalue weighted by molar-refractivity contribution is 6.31. The van der Waals surface area contributed by atoms with E-state index < -0.39 is 6.04 Å².